The van der Waals surface area contributed by atoms with E-state index < -0.39 is 11.7 Å². The first-order chi connectivity index (χ1) is 15.9. The van der Waals surface area contributed by atoms with E-state index in [0.29, 0.717) is 56.7 Å². The summed E-state index contributed by atoms with van der Waals surface area (Å²) in [4.78, 5) is 25.3. The van der Waals surface area contributed by atoms with Crippen molar-refractivity contribution in [1.29, 1.82) is 5.26 Å². The fourth-order valence-electron chi connectivity index (χ4n) is 3.96. The van der Waals surface area contributed by atoms with Gasteiger partial charge in [0, 0.05) is 23.4 Å². The van der Waals surface area contributed by atoms with Crippen LogP contribution in [-0.4, -0.2) is 17.4 Å². The molecule has 1 heterocycles. The Kier molecular flexibility index (Phi) is 7.08. The summed E-state index contributed by atoms with van der Waals surface area (Å²) in [6.45, 7) is 0. The first-order valence-electron chi connectivity index (χ1n) is 10.2. The molecule has 0 radical (unpaired) electrons. The predicted molar refractivity (Wildman–Crippen MR) is 128 cm³/mol. The number of allylic oxidation sites excluding steroid dienone is 3. The van der Waals surface area contributed by atoms with Gasteiger partial charge in [-0.1, -0.05) is 47.1 Å². The molecule has 1 aliphatic carbocycles. The predicted octanol–water partition coefficient (Wildman–Crippen LogP) is 5.93. The molecule has 1 aliphatic heterocycles. The number of hydrogen-bond donors (Lipinski definition) is 2. The third kappa shape index (κ3) is 4.93. The molecule has 9 heteroatoms. The van der Waals surface area contributed by atoms with Crippen molar-refractivity contribution in [2.45, 2.75) is 25.2 Å². The van der Waals surface area contributed by atoms with Crippen LogP contribution in [0.25, 0.3) is 0 Å². The maximum absolute atomic E-state index is 13.1. The second kappa shape index (κ2) is 10.0. The maximum Gasteiger partial charge on any atom is 0.234 e. The Balaban J connectivity index is 1.65. The zero-order valence-electron chi connectivity index (χ0n) is 17.3. The summed E-state index contributed by atoms with van der Waals surface area (Å²) in [5.74, 6) is -1.38. The molecule has 4 rings (SSSR count). The standard InChI is InChI=1S/C24H18Cl2FN3O2S/c25-17-4-1-3-15(23(17)26)21-16(11-28)24(30-18-5-2-6-19(31)22(18)21)33-12-20(32)29-14-9-7-13(27)8-10-14/h1,3-4,7-10,21,30H,2,5-6,12H2,(H,29,32)/t21-/m1/s1. The van der Waals surface area contributed by atoms with E-state index in [1.54, 1.807) is 18.2 Å². The van der Waals surface area contributed by atoms with Gasteiger partial charge in [0.05, 0.1) is 38.4 Å². The van der Waals surface area contributed by atoms with Crippen LogP contribution < -0.4 is 10.6 Å². The third-order valence-electron chi connectivity index (χ3n) is 5.43. The Bertz CT molecular complexity index is 1240. The average molecular weight is 502 g/mol. The molecule has 2 N–H and O–H groups in total. The molecule has 1 amide bonds. The van der Waals surface area contributed by atoms with Crippen LogP contribution in [0, 0.1) is 17.1 Å². The number of hydrogen-bond acceptors (Lipinski definition) is 5. The Morgan fingerprint density at radius 3 is 2.70 bits per heavy atom. The number of rotatable bonds is 5. The number of thioether (sulfide) groups is 1. The number of nitrogens with zero attached hydrogens (tertiary/aromatic N) is 1. The first kappa shape index (κ1) is 23.4. The number of carbonyl (C=O) groups excluding carboxylic acids is 2. The minimum Gasteiger partial charge on any atom is -0.352 e. The monoisotopic (exact) mass is 501 g/mol. The van der Waals surface area contributed by atoms with Crippen molar-refractivity contribution < 1.29 is 14.0 Å². The van der Waals surface area contributed by atoms with Gasteiger partial charge in [-0.25, -0.2) is 4.39 Å². The number of halogens is 3. The highest BCUT2D eigenvalue weighted by atomic mass is 35.5. The molecule has 0 spiro atoms. The Hall–Kier alpha value is -2.79. The first-order valence-corrected chi connectivity index (χ1v) is 11.9. The van der Waals surface area contributed by atoms with Gasteiger partial charge in [-0.05, 0) is 48.7 Å². The molecule has 2 aliphatic rings. The van der Waals surface area contributed by atoms with Crippen LogP contribution in [-0.2, 0) is 9.59 Å². The fraction of sp³-hybridized carbons (Fsp3) is 0.208. The van der Waals surface area contributed by atoms with Crippen LogP contribution in [0.1, 0.15) is 30.7 Å². The summed E-state index contributed by atoms with van der Waals surface area (Å²) in [7, 11) is 0. The summed E-state index contributed by atoms with van der Waals surface area (Å²) < 4.78 is 13.1. The van der Waals surface area contributed by atoms with Gasteiger partial charge < -0.3 is 10.6 Å². The summed E-state index contributed by atoms with van der Waals surface area (Å²) in [5.41, 5.74) is 2.64. The summed E-state index contributed by atoms with van der Waals surface area (Å²) in [6.07, 6.45) is 1.75. The largest absolute Gasteiger partial charge is 0.352 e. The average Bonchev–Trinajstić information content (AvgIpc) is 2.80. The van der Waals surface area contributed by atoms with Crippen LogP contribution >= 0.6 is 35.0 Å². The fourth-order valence-corrected chi connectivity index (χ4v) is 5.24. The van der Waals surface area contributed by atoms with Gasteiger partial charge in [-0.3, -0.25) is 9.59 Å². The molecule has 33 heavy (non-hydrogen) atoms. The maximum atomic E-state index is 13.1. The van der Waals surface area contributed by atoms with Crippen LogP contribution in [0.5, 0.6) is 0 Å². The molecule has 0 bridgehead atoms. The van der Waals surface area contributed by atoms with E-state index in [9.17, 15) is 19.2 Å². The number of nitriles is 1. The van der Waals surface area contributed by atoms with Gasteiger partial charge in [0.15, 0.2) is 5.78 Å². The van der Waals surface area contributed by atoms with E-state index >= 15 is 0 Å². The molecule has 2 aromatic carbocycles. The zero-order valence-corrected chi connectivity index (χ0v) is 19.6. The number of Topliss-reactive ketones (excluding diaryl/α,β-unsaturated/α-hetero) is 1. The number of nitrogens with one attached hydrogen (secondary N) is 2. The highest BCUT2D eigenvalue weighted by molar-refractivity contribution is 8.03. The molecule has 2 aromatic rings. The van der Waals surface area contributed by atoms with E-state index in [1.165, 1.54) is 24.3 Å². The van der Waals surface area contributed by atoms with Crippen LogP contribution in [0.15, 0.2) is 64.3 Å². The van der Waals surface area contributed by atoms with Gasteiger partial charge in [0.2, 0.25) is 5.91 Å². The van der Waals surface area contributed by atoms with Gasteiger partial charge in [-0.15, -0.1) is 0 Å². The highest BCUT2D eigenvalue weighted by Gasteiger charge is 2.38. The SMILES string of the molecule is N#CC1=C(SCC(=O)Nc2ccc(F)cc2)NC2=C(C(=O)CCC2)[C@@H]1c1cccc(Cl)c1Cl. The van der Waals surface area contributed by atoms with Crippen molar-refractivity contribution in [3.8, 4) is 6.07 Å². The molecule has 0 fully saturated rings. The molecule has 1 atom stereocenters. The Morgan fingerprint density at radius 2 is 1.97 bits per heavy atom. The molecular weight excluding hydrogens is 484 g/mol. The van der Waals surface area contributed by atoms with E-state index in [4.69, 9.17) is 23.2 Å². The molecular formula is C24H18Cl2FN3O2S. The molecule has 168 valence electrons. The topological polar surface area (TPSA) is 82.0 Å². The van der Waals surface area contributed by atoms with Crippen LogP contribution in [0.3, 0.4) is 0 Å². The van der Waals surface area contributed by atoms with Crippen molar-refractivity contribution in [3.05, 3.63) is 85.8 Å². The van der Waals surface area contributed by atoms with Crippen molar-refractivity contribution >= 4 is 52.3 Å². The number of amides is 1. The minimum atomic E-state index is -0.659. The Labute approximate surface area is 204 Å². The quantitative estimate of drug-likeness (QED) is 0.530. The summed E-state index contributed by atoms with van der Waals surface area (Å²) >= 11 is 13.9. The van der Waals surface area contributed by atoms with E-state index in [2.05, 4.69) is 16.7 Å². The van der Waals surface area contributed by atoms with Gasteiger partial charge in [0.25, 0.3) is 0 Å². The summed E-state index contributed by atoms with van der Waals surface area (Å²) in [6, 6.07) is 12.8. The zero-order chi connectivity index (χ0) is 23.5. The van der Waals surface area contributed by atoms with Crippen LogP contribution in [0.4, 0.5) is 10.1 Å². The van der Waals surface area contributed by atoms with Gasteiger partial charge in [0.1, 0.15) is 5.82 Å². The number of anilines is 1. The number of dihydropyridines is 1. The lowest BCUT2D eigenvalue weighted by molar-refractivity contribution is -0.116. The highest BCUT2D eigenvalue weighted by Crippen LogP contribution is 2.46. The Morgan fingerprint density at radius 1 is 1.21 bits per heavy atom. The van der Waals surface area contributed by atoms with Gasteiger partial charge in [-0.2, -0.15) is 5.26 Å². The molecule has 0 saturated heterocycles. The van der Waals surface area contributed by atoms with E-state index in [-0.39, 0.29) is 17.4 Å². The second-order valence-electron chi connectivity index (χ2n) is 7.57. The van der Waals surface area contributed by atoms with Crippen LogP contribution in [0.2, 0.25) is 10.0 Å². The van der Waals surface area contributed by atoms with E-state index in [0.717, 1.165) is 17.5 Å². The number of ketones is 1. The molecule has 0 saturated carbocycles. The second-order valence-corrected chi connectivity index (χ2v) is 9.34. The van der Waals surface area contributed by atoms with E-state index in [1.807, 2.05) is 0 Å². The number of carbonyl (C=O) groups is 2. The molecule has 0 unspecified atom stereocenters. The van der Waals surface area contributed by atoms with Crippen molar-refractivity contribution in [2.75, 3.05) is 11.1 Å². The van der Waals surface area contributed by atoms with Crippen molar-refractivity contribution in [3.63, 3.8) is 0 Å². The third-order valence-corrected chi connectivity index (χ3v) is 7.28. The minimum absolute atomic E-state index is 0.0114. The lowest BCUT2D eigenvalue weighted by Gasteiger charge is -2.33. The summed E-state index contributed by atoms with van der Waals surface area (Å²) in [5, 5.41) is 17.1. The smallest absolute Gasteiger partial charge is 0.234 e. The van der Waals surface area contributed by atoms with Crippen molar-refractivity contribution in [1.82, 2.24) is 5.32 Å². The van der Waals surface area contributed by atoms with Crippen molar-refractivity contribution in [2.24, 2.45) is 0 Å². The van der Waals surface area contributed by atoms with Gasteiger partial charge >= 0.3 is 0 Å². The number of benzene rings is 2. The normalized spacial score (nSPS) is 17.9. The molecule has 5 nitrogen and oxygen atoms in total. The lowest BCUT2D eigenvalue weighted by atomic mass is 9.77. The molecule has 0 aromatic heterocycles. The lowest BCUT2D eigenvalue weighted by Crippen LogP contribution is -2.32.